The molecule has 0 saturated heterocycles. The van der Waals surface area contributed by atoms with E-state index in [4.69, 9.17) is 4.42 Å². The number of hydrogen-bond acceptors (Lipinski definition) is 2. The van der Waals surface area contributed by atoms with Gasteiger partial charge in [-0.3, -0.25) is 0 Å². The summed E-state index contributed by atoms with van der Waals surface area (Å²) in [5.74, 6) is 0. The Kier molecular flexibility index (Phi) is 8.19. The van der Waals surface area contributed by atoms with Gasteiger partial charge in [-0.25, -0.2) is 0 Å². The number of para-hydroxylation sites is 2. The second kappa shape index (κ2) is 14.1. The zero-order chi connectivity index (χ0) is 38.4. The first-order valence-electron chi connectivity index (χ1n) is 19.8. The molecule has 0 aliphatic rings. The predicted molar refractivity (Wildman–Crippen MR) is 245 cm³/mol. The van der Waals surface area contributed by atoms with Gasteiger partial charge >= 0.3 is 0 Å². The van der Waals surface area contributed by atoms with Crippen molar-refractivity contribution >= 4 is 60.5 Å². The van der Waals surface area contributed by atoms with Crippen molar-refractivity contribution < 1.29 is 4.42 Å². The molecule has 0 aliphatic heterocycles. The molecule has 0 amide bonds. The standard InChI is InChI=1S/C56H37NO/c1-2-15-38(16-3-1)42-21-12-22-43(37-42)48-25-8-10-29-52(48)57(44-33-31-41(32-34-44)46-27-13-19-39-17-4-6-23-45(39)46)53-36-35-50(49-28-14-20-40-18-5-7-24-47(40)49)56-55(53)51-26-9-11-30-54(51)58-56/h1-37H. The lowest BCUT2D eigenvalue weighted by molar-refractivity contribution is 0.670. The molecule has 0 radical (unpaired) electrons. The second-order valence-electron chi connectivity index (χ2n) is 14.8. The number of hydrogen-bond donors (Lipinski definition) is 0. The Morgan fingerprint density at radius 1 is 0.310 bits per heavy atom. The van der Waals surface area contributed by atoms with E-state index >= 15 is 0 Å². The molecule has 0 aliphatic carbocycles. The molecule has 0 spiro atoms. The van der Waals surface area contributed by atoms with Crippen molar-refractivity contribution in [1.82, 2.24) is 0 Å². The Morgan fingerprint density at radius 3 is 1.67 bits per heavy atom. The van der Waals surface area contributed by atoms with Gasteiger partial charge in [0.2, 0.25) is 0 Å². The molecule has 58 heavy (non-hydrogen) atoms. The third-order valence-electron chi connectivity index (χ3n) is 11.5. The average Bonchev–Trinajstić information content (AvgIpc) is 3.70. The fourth-order valence-electron chi connectivity index (χ4n) is 8.75. The van der Waals surface area contributed by atoms with E-state index in [0.29, 0.717) is 0 Å². The zero-order valence-corrected chi connectivity index (χ0v) is 31.7. The zero-order valence-electron chi connectivity index (χ0n) is 31.7. The van der Waals surface area contributed by atoms with E-state index < -0.39 is 0 Å². The van der Waals surface area contributed by atoms with Gasteiger partial charge in [0.1, 0.15) is 11.2 Å². The van der Waals surface area contributed by atoms with Crippen LogP contribution in [-0.4, -0.2) is 0 Å². The van der Waals surface area contributed by atoms with Crippen molar-refractivity contribution in [2.24, 2.45) is 0 Å². The lowest BCUT2D eigenvalue weighted by atomic mass is 9.94. The molecule has 1 aromatic heterocycles. The maximum atomic E-state index is 6.92. The van der Waals surface area contributed by atoms with E-state index in [1.165, 1.54) is 43.8 Å². The summed E-state index contributed by atoms with van der Waals surface area (Å²) in [6, 6.07) is 80.6. The Balaban J connectivity index is 1.16. The minimum atomic E-state index is 0.863. The number of fused-ring (bicyclic) bond motifs is 5. The predicted octanol–water partition coefficient (Wildman–Crippen LogP) is 16.0. The van der Waals surface area contributed by atoms with Crippen LogP contribution >= 0.6 is 0 Å². The van der Waals surface area contributed by atoms with Crippen LogP contribution in [0.3, 0.4) is 0 Å². The summed E-state index contributed by atoms with van der Waals surface area (Å²) >= 11 is 0. The smallest absolute Gasteiger partial charge is 0.145 e. The van der Waals surface area contributed by atoms with Crippen molar-refractivity contribution in [3.8, 4) is 44.5 Å². The highest BCUT2D eigenvalue weighted by atomic mass is 16.3. The minimum absolute atomic E-state index is 0.863. The van der Waals surface area contributed by atoms with E-state index in [9.17, 15) is 0 Å². The summed E-state index contributed by atoms with van der Waals surface area (Å²) in [5.41, 5.74) is 14.2. The van der Waals surface area contributed by atoms with Gasteiger partial charge in [-0.05, 0) is 97.4 Å². The van der Waals surface area contributed by atoms with Crippen LogP contribution in [0.5, 0.6) is 0 Å². The summed E-state index contributed by atoms with van der Waals surface area (Å²) in [4.78, 5) is 2.43. The molecule has 2 nitrogen and oxygen atoms in total. The Bertz CT molecular complexity index is 3270. The third kappa shape index (κ3) is 5.74. The van der Waals surface area contributed by atoms with Gasteiger partial charge < -0.3 is 9.32 Å². The number of anilines is 3. The normalized spacial score (nSPS) is 11.4. The van der Waals surface area contributed by atoms with Crippen molar-refractivity contribution in [1.29, 1.82) is 0 Å². The Labute approximate surface area is 337 Å². The van der Waals surface area contributed by atoms with Crippen molar-refractivity contribution in [3.05, 3.63) is 224 Å². The van der Waals surface area contributed by atoms with Crippen molar-refractivity contribution in [3.63, 3.8) is 0 Å². The Morgan fingerprint density at radius 2 is 0.879 bits per heavy atom. The fourth-order valence-corrected chi connectivity index (χ4v) is 8.75. The molecule has 10 aromatic carbocycles. The highest BCUT2D eigenvalue weighted by Gasteiger charge is 2.24. The lowest BCUT2D eigenvalue weighted by Crippen LogP contribution is -2.11. The first-order chi connectivity index (χ1) is 28.8. The molecule has 2 heteroatoms. The van der Waals surface area contributed by atoms with E-state index in [2.05, 4.69) is 229 Å². The van der Waals surface area contributed by atoms with Crippen LogP contribution in [-0.2, 0) is 0 Å². The van der Waals surface area contributed by atoms with Gasteiger partial charge in [0, 0.05) is 22.2 Å². The molecule has 11 aromatic rings. The van der Waals surface area contributed by atoms with Crippen molar-refractivity contribution in [2.75, 3.05) is 4.90 Å². The Hall–Kier alpha value is -7.68. The monoisotopic (exact) mass is 739 g/mol. The molecular weight excluding hydrogens is 703 g/mol. The first-order valence-corrected chi connectivity index (χ1v) is 19.8. The van der Waals surface area contributed by atoms with Gasteiger partial charge in [-0.2, -0.15) is 0 Å². The van der Waals surface area contributed by atoms with Crippen LogP contribution < -0.4 is 4.90 Å². The van der Waals surface area contributed by atoms with Crippen molar-refractivity contribution in [2.45, 2.75) is 0 Å². The maximum Gasteiger partial charge on any atom is 0.145 e. The SMILES string of the molecule is c1ccc(-c2cccc(-c3ccccc3N(c3ccc(-c4cccc5ccccc45)cc3)c3ccc(-c4cccc5ccccc45)c4oc5ccccc5c34)c2)cc1. The quantitative estimate of drug-likeness (QED) is 0.162. The molecule has 0 bridgehead atoms. The topological polar surface area (TPSA) is 16.4 Å². The van der Waals surface area contributed by atoms with Crippen LogP contribution in [0, 0.1) is 0 Å². The minimum Gasteiger partial charge on any atom is -0.455 e. The van der Waals surface area contributed by atoms with Gasteiger partial charge in [0.05, 0.1) is 16.8 Å². The molecule has 0 saturated carbocycles. The summed E-state index contributed by atoms with van der Waals surface area (Å²) in [5, 5.41) is 7.03. The fraction of sp³-hybridized carbons (Fsp3) is 0. The molecule has 272 valence electrons. The first kappa shape index (κ1) is 33.6. The lowest BCUT2D eigenvalue weighted by Gasteiger charge is -2.29. The second-order valence-corrected chi connectivity index (χ2v) is 14.8. The molecule has 0 N–H and O–H groups in total. The van der Waals surface area contributed by atoms with Crippen LogP contribution in [0.1, 0.15) is 0 Å². The van der Waals surface area contributed by atoms with Gasteiger partial charge in [-0.1, -0.05) is 182 Å². The number of benzene rings is 10. The third-order valence-corrected chi connectivity index (χ3v) is 11.5. The highest BCUT2D eigenvalue weighted by molar-refractivity contribution is 6.19. The van der Waals surface area contributed by atoms with Gasteiger partial charge in [0.15, 0.2) is 0 Å². The van der Waals surface area contributed by atoms with Crippen LogP contribution in [0.15, 0.2) is 229 Å². The van der Waals surface area contributed by atoms with Crippen LogP contribution in [0.25, 0.3) is 88.0 Å². The maximum absolute atomic E-state index is 6.92. The van der Waals surface area contributed by atoms with Gasteiger partial charge in [-0.15, -0.1) is 0 Å². The molecule has 1 heterocycles. The highest BCUT2D eigenvalue weighted by Crippen LogP contribution is 2.49. The number of furan rings is 1. The summed E-state index contributed by atoms with van der Waals surface area (Å²) in [7, 11) is 0. The van der Waals surface area contributed by atoms with E-state index in [0.717, 1.165) is 61.3 Å². The van der Waals surface area contributed by atoms with Gasteiger partial charge in [0.25, 0.3) is 0 Å². The van der Waals surface area contributed by atoms with Crippen LogP contribution in [0.2, 0.25) is 0 Å². The molecule has 0 atom stereocenters. The largest absolute Gasteiger partial charge is 0.455 e. The number of rotatable bonds is 7. The van der Waals surface area contributed by atoms with E-state index in [1.807, 2.05) is 0 Å². The van der Waals surface area contributed by atoms with E-state index in [1.54, 1.807) is 0 Å². The number of nitrogens with zero attached hydrogens (tertiary/aromatic N) is 1. The average molecular weight is 740 g/mol. The summed E-state index contributed by atoms with van der Waals surface area (Å²) in [6.07, 6.45) is 0. The molecule has 0 unspecified atom stereocenters. The molecule has 0 fully saturated rings. The summed E-state index contributed by atoms with van der Waals surface area (Å²) in [6.45, 7) is 0. The summed E-state index contributed by atoms with van der Waals surface area (Å²) < 4.78 is 6.92. The van der Waals surface area contributed by atoms with Crippen LogP contribution in [0.4, 0.5) is 17.1 Å². The molecule has 11 rings (SSSR count). The molecular formula is C56H37NO. The van der Waals surface area contributed by atoms with E-state index in [-0.39, 0.29) is 0 Å².